The van der Waals surface area contributed by atoms with E-state index >= 15 is 0 Å². The molecule has 0 bridgehead atoms. The Morgan fingerprint density at radius 1 is 0.723 bits per heavy atom. The van der Waals surface area contributed by atoms with Crippen LogP contribution in [0, 0.1) is 0 Å². The van der Waals surface area contributed by atoms with Gasteiger partial charge in [0.25, 0.3) is 0 Å². The molecule has 0 amide bonds. The van der Waals surface area contributed by atoms with Crippen molar-refractivity contribution in [3.8, 4) is 17.2 Å². The van der Waals surface area contributed by atoms with Crippen molar-refractivity contribution in [2.24, 2.45) is 20.5 Å². The summed E-state index contributed by atoms with van der Waals surface area (Å²) in [4.78, 5) is -2.20. The first kappa shape index (κ1) is 66.7. The van der Waals surface area contributed by atoms with Gasteiger partial charge in [-0.05, 0) is 35.7 Å². The normalized spacial score (nSPS) is 11.8. The zero-order valence-corrected chi connectivity index (χ0v) is 46.8. The van der Waals surface area contributed by atoms with E-state index in [0.29, 0.717) is 0 Å². The number of nitrogens with two attached hydrogens (primary N) is 1. The number of azo groups is 2. The molecule has 36 heteroatoms. The molecule has 0 unspecified atom stereocenters. The summed E-state index contributed by atoms with van der Waals surface area (Å²) >= 11 is 0.259. The van der Waals surface area contributed by atoms with E-state index < -0.39 is 109 Å². The Labute approximate surface area is 468 Å². The predicted octanol–water partition coefficient (Wildman–Crippen LogP) is -9.41. The second-order valence-electron chi connectivity index (χ2n) is 10.9. The van der Waals surface area contributed by atoms with Gasteiger partial charge < -0.3 is 39.9 Å². The number of hydrogen-bond donors (Lipinski definition) is 2. The Morgan fingerprint density at radius 2 is 1.34 bits per heavy atom. The Kier molecular flexibility index (Phi) is 30.5. The van der Waals surface area contributed by atoms with Gasteiger partial charge in [-0.1, -0.05) is 13.5 Å². The van der Waals surface area contributed by atoms with Crippen molar-refractivity contribution in [2.45, 2.75) is 27.0 Å². The summed E-state index contributed by atoms with van der Waals surface area (Å²) in [6.45, 7) is -1.47. The van der Waals surface area contributed by atoms with Crippen molar-refractivity contribution in [2.75, 3.05) is 44.7 Å². The van der Waals surface area contributed by atoms with E-state index in [-0.39, 0.29) is 182 Å². The number of hydrogen-bond acceptors (Lipinski definition) is 28. The van der Waals surface area contributed by atoms with Crippen LogP contribution < -0.4 is 144 Å². The fourth-order valence-electron chi connectivity index (χ4n) is 4.82. The number of methoxy groups -OCH3 is 2. The Hall–Kier alpha value is -0.360. The maximum Gasteiger partial charge on any atom is 1.00 e. The number of benzene rings is 4. The molecule has 26 nitrogen and oxygen atoms in total. The maximum atomic E-state index is 13.0. The summed E-state index contributed by atoms with van der Waals surface area (Å²) in [5, 5.41) is 53.4. The van der Waals surface area contributed by atoms with Crippen LogP contribution in [0.25, 0.3) is 10.8 Å². The van der Waals surface area contributed by atoms with E-state index in [4.69, 9.17) is 19.4 Å². The minimum atomic E-state index is -5.47. The monoisotopic (exact) mass is 1070 g/mol. The maximum absolute atomic E-state index is 13.0. The van der Waals surface area contributed by atoms with Crippen LogP contribution >= 0.6 is 24.4 Å². The number of fused-ring (bicyclic) bond motifs is 1. The van der Waals surface area contributed by atoms with Gasteiger partial charge in [0.05, 0.1) is 82.4 Å². The first-order valence-corrected chi connectivity index (χ1v) is 22.8. The molecule has 0 radical (unpaired) electrons. The van der Waals surface area contributed by atoms with E-state index in [0.717, 1.165) is 44.6 Å². The molecule has 0 aliphatic rings. The molecule has 336 valence electrons. The first-order chi connectivity index (χ1) is 28.2. The third-order valence-corrected chi connectivity index (χ3v) is 13.0. The van der Waals surface area contributed by atoms with E-state index in [1.165, 1.54) is 18.2 Å². The fraction of sp³-hybridized carbons (Fsp3) is 0.241. The van der Waals surface area contributed by atoms with Crippen molar-refractivity contribution in [1.82, 2.24) is 0 Å². The van der Waals surface area contributed by atoms with Crippen molar-refractivity contribution in [3.05, 3.63) is 48.5 Å². The molecule has 0 atom stereocenters. The number of ether oxygens (including phenoxy) is 2. The van der Waals surface area contributed by atoms with Gasteiger partial charge >= 0.3 is 118 Å². The van der Waals surface area contributed by atoms with Gasteiger partial charge in [-0.25, -0.2) is 33.7 Å². The van der Waals surface area contributed by atoms with Crippen molar-refractivity contribution in [3.63, 3.8) is 0 Å². The molecule has 0 saturated carbocycles. The molecule has 0 saturated heterocycles. The van der Waals surface area contributed by atoms with Gasteiger partial charge in [-0.3, -0.25) is 18.4 Å². The molecule has 65 heavy (non-hydrogen) atoms. The predicted molar refractivity (Wildman–Crippen MR) is 203 cm³/mol. The molecule has 0 aliphatic carbocycles. The van der Waals surface area contributed by atoms with E-state index in [2.05, 4.69) is 43.4 Å². The Morgan fingerprint density at radius 3 is 1.92 bits per heavy atom. The van der Waals surface area contributed by atoms with Crippen molar-refractivity contribution >= 4 is 104 Å². The van der Waals surface area contributed by atoms with E-state index in [1.54, 1.807) is 0 Å². The number of phenols is 1. The van der Waals surface area contributed by atoms with Crippen LogP contribution in [0.1, 0.15) is 7.43 Å². The van der Waals surface area contributed by atoms with Crippen LogP contribution in [-0.2, 0) is 67.3 Å². The summed E-state index contributed by atoms with van der Waals surface area (Å²) in [6.07, 6.45) is 0. The summed E-state index contributed by atoms with van der Waals surface area (Å²) in [6, 6.07) is 8.55. The largest absolute Gasteiger partial charge is 1.00 e. The Balaban J connectivity index is 0. The van der Waals surface area contributed by atoms with Gasteiger partial charge in [0, 0.05) is 12.1 Å². The third-order valence-electron chi connectivity index (χ3n) is 7.35. The van der Waals surface area contributed by atoms with Gasteiger partial charge in [-0.15, -0.1) is 19.7 Å². The summed E-state index contributed by atoms with van der Waals surface area (Å²) in [7, 11) is -17.0. The molecular weight excluding hydrogens is 1040 g/mol. The van der Waals surface area contributed by atoms with Crippen LogP contribution in [0.2, 0.25) is 0 Å². The number of nitrogens with zero attached hydrogens (tertiary/aromatic N) is 4. The fourth-order valence-corrected chi connectivity index (χ4v) is 9.07. The molecule has 4 aromatic carbocycles. The molecule has 3 N–H and O–H groups in total. The Bertz CT molecular complexity index is 2760. The third kappa shape index (κ3) is 18.7. The second kappa shape index (κ2) is 29.7. The SMILES string of the molecule is C.COc1cc(S(=O)(=O)CCOS(=O)(=O)[O-])c(OC)cc1N=Nc1c(S(=O)(=O)[O-])cc2cc(SOO[O-])c(N=Nc3cccc(S(=O)(=O)CCOSOO[O-])c3)c(O)c2c1N.[Na+].[Na+].[Na+].[Na+]. The van der Waals surface area contributed by atoms with Crippen LogP contribution in [0.5, 0.6) is 17.2 Å². The number of nitrogen functional groups attached to an aromatic ring is 1. The zero-order valence-electron chi connectivity index (χ0n) is 33.9. The van der Waals surface area contributed by atoms with E-state index in [1.807, 2.05) is 0 Å². The molecular formula is C29H29N5Na4O21S6. The van der Waals surface area contributed by atoms with Gasteiger partial charge in [0.1, 0.15) is 43.6 Å². The van der Waals surface area contributed by atoms with Crippen LogP contribution in [0.4, 0.5) is 28.4 Å². The number of sulfone groups is 2. The van der Waals surface area contributed by atoms with E-state index in [9.17, 15) is 58.4 Å². The minimum Gasteiger partial charge on any atom is -0.744 e. The zero-order chi connectivity index (χ0) is 44.5. The number of aromatic hydroxyl groups is 1. The quantitative estimate of drug-likeness (QED) is 0.00849. The smallest absolute Gasteiger partial charge is 0.744 e. The molecule has 0 aliphatic heterocycles. The van der Waals surface area contributed by atoms with Crippen molar-refractivity contribution in [1.29, 1.82) is 0 Å². The summed E-state index contributed by atoms with van der Waals surface area (Å²) in [5.74, 6) is -3.22. The van der Waals surface area contributed by atoms with Crippen LogP contribution in [0.15, 0.2) is 88.6 Å². The van der Waals surface area contributed by atoms with Crippen LogP contribution in [0.3, 0.4) is 0 Å². The topological polar surface area (TPSA) is 398 Å². The van der Waals surface area contributed by atoms with Gasteiger partial charge in [0.2, 0.25) is 10.4 Å². The van der Waals surface area contributed by atoms with Crippen molar-refractivity contribution < 1.29 is 213 Å². The molecule has 0 aromatic heterocycles. The number of phenolic OH excluding ortho intramolecular Hbond substituents is 1. The summed E-state index contributed by atoms with van der Waals surface area (Å²) < 4.78 is 149. The number of anilines is 1. The molecule has 0 spiro atoms. The second-order valence-corrected chi connectivity index (χ2v) is 18.8. The van der Waals surface area contributed by atoms with Crippen LogP contribution in [-0.4, -0.2) is 86.8 Å². The first-order valence-electron chi connectivity index (χ1n) is 15.4. The summed E-state index contributed by atoms with van der Waals surface area (Å²) in [5.41, 5.74) is 3.79. The van der Waals surface area contributed by atoms with Gasteiger partial charge in [-0.2, -0.15) is 9.45 Å². The standard InChI is InChI=1S/C28H29N5O21S6.CH4.4Na/c1-47-19-14-22(58(39,40)9-7-50-60(44,45)46)20(48-2)13-18(19)31-33-27-23(59(41,42)43)11-15-10-21(55-53-51-35)26(28(34)24(15)25(27)29)32-30-16-4-3-5-17(12-16)57(37,38)8-6-49-56-54-52-36;;;;;/h3-5,10-14,34-36H,6-9,29H2,1-2H3,(H,41,42,43)(H,44,45,46);1H4;;;;/q;;4*+1/p-4. The molecule has 0 fully saturated rings. The average Bonchev–Trinajstić information content (AvgIpc) is 3.17. The van der Waals surface area contributed by atoms with Gasteiger partial charge in [0.15, 0.2) is 37.7 Å². The minimum absolute atomic E-state index is 0. The molecule has 4 rings (SSSR count). The average molecular weight is 1070 g/mol. The molecule has 4 aromatic rings. The molecule has 0 heterocycles. The number of rotatable bonds is 22.